The summed E-state index contributed by atoms with van der Waals surface area (Å²) >= 11 is 0. The minimum absolute atomic E-state index is 0.0457. The molecule has 1 amide bonds. The Morgan fingerprint density at radius 3 is 3.08 bits per heavy atom. The molecule has 2 atom stereocenters. The molecule has 1 N–H and O–H groups in total. The van der Waals surface area contributed by atoms with E-state index in [1.165, 1.54) is 19.3 Å². The van der Waals surface area contributed by atoms with Gasteiger partial charge in [-0.15, -0.1) is 0 Å². The van der Waals surface area contributed by atoms with Crippen molar-refractivity contribution in [1.29, 1.82) is 0 Å². The first kappa shape index (κ1) is 8.05. The maximum atomic E-state index is 11.0. The lowest BCUT2D eigenvalue weighted by Gasteiger charge is -2.28. The van der Waals surface area contributed by atoms with Gasteiger partial charge in [-0.25, -0.2) is 0 Å². The van der Waals surface area contributed by atoms with Crippen molar-refractivity contribution in [2.24, 2.45) is 5.92 Å². The van der Waals surface area contributed by atoms with Crippen LogP contribution in [0.1, 0.15) is 25.7 Å². The second-order valence-corrected chi connectivity index (χ2v) is 3.70. The lowest BCUT2D eigenvalue weighted by atomic mass is 9.86. The fourth-order valence-electron chi connectivity index (χ4n) is 2.11. The van der Waals surface area contributed by atoms with Crippen molar-refractivity contribution in [1.82, 2.24) is 5.32 Å². The predicted octanol–water partition coefficient (Wildman–Crippen LogP) is 0.692. The van der Waals surface area contributed by atoms with Crippen LogP contribution in [0.25, 0.3) is 0 Å². The molecule has 2 rings (SSSR count). The van der Waals surface area contributed by atoms with Gasteiger partial charge in [-0.05, 0) is 12.8 Å². The number of amides is 1. The molecule has 12 heavy (non-hydrogen) atoms. The summed E-state index contributed by atoms with van der Waals surface area (Å²) in [4.78, 5) is 11.0. The van der Waals surface area contributed by atoms with Crippen molar-refractivity contribution in [3.8, 4) is 0 Å². The summed E-state index contributed by atoms with van der Waals surface area (Å²) < 4.78 is 5.51. The molecule has 1 saturated carbocycles. The van der Waals surface area contributed by atoms with E-state index >= 15 is 0 Å². The van der Waals surface area contributed by atoms with Gasteiger partial charge in [0.25, 0.3) is 0 Å². The Labute approximate surface area is 72.5 Å². The zero-order valence-electron chi connectivity index (χ0n) is 7.21. The van der Waals surface area contributed by atoms with E-state index in [2.05, 4.69) is 5.32 Å². The summed E-state index contributed by atoms with van der Waals surface area (Å²) in [6.45, 7) is 1.09. The first-order valence-corrected chi connectivity index (χ1v) is 4.74. The largest absolute Gasteiger partial charge is 0.368 e. The Bertz CT molecular complexity index is 163. The van der Waals surface area contributed by atoms with E-state index in [4.69, 9.17) is 4.74 Å². The van der Waals surface area contributed by atoms with E-state index in [1.54, 1.807) is 0 Å². The fraction of sp³-hybridized carbons (Fsp3) is 0.889. The van der Waals surface area contributed by atoms with Gasteiger partial charge in [-0.1, -0.05) is 12.8 Å². The van der Waals surface area contributed by atoms with Crippen LogP contribution in [0, 0.1) is 5.92 Å². The SMILES string of the molecule is O=C1CO[C@H]2CCCC[C@@H]2CN1. The third-order valence-electron chi connectivity index (χ3n) is 2.83. The molecule has 1 heterocycles. The molecule has 2 aliphatic rings. The zero-order valence-corrected chi connectivity index (χ0v) is 7.21. The highest BCUT2D eigenvalue weighted by atomic mass is 16.5. The third kappa shape index (κ3) is 1.61. The molecule has 0 bridgehead atoms. The minimum Gasteiger partial charge on any atom is -0.368 e. The Hall–Kier alpha value is -0.570. The number of ether oxygens (including phenoxy) is 1. The number of carbonyl (C=O) groups is 1. The Balaban J connectivity index is 1.98. The highest BCUT2D eigenvalue weighted by Crippen LogP contribution is 2.27. The first-order chi connectivity index (χ1) is 5.86. The molecule has 3 heteroatoms. The molecule has 0 aromatic carbocycles. The molecular formula is C9H15NO2. The number of hydrogen-bond acceptors (Lipinski definition) is 2. The summed E-state index contributed by atoms with van der Waals surface area (Å²) in [6, 6.07) is 0. The molecule has 1 aliphatic heterocycles. The lowest BCUT2D eigenvalue weighted by molar-refractivity contribution is -0.126. The minimum atomic E-state index is 0.0457. The predicted molar refractivity (Wildman–Crippen MR) is 44.7 cm³/mol. The van der Waals surface area contributed by atoms with Gasteiger partial charge in [0.2, 0.25) is 5.91 Å². The topological polar surface area (TPSA) is 38.3 Å². The summed E-state index contributed by atoms with van der Waals surface area (Å²) in [5.41, 5.74) is 0. The summed E-state index contributed by atoms with van der Waals surface area (Å²) in [5, 5.41) is 2.88. The van der Waals surface area contributed by atoms with E-state index < -0.39 is 0 Å². The highest BCUT2D eigenvalue weighted by molar-refractivity contribution is 5.77. The van der Waals surface area contributed by atoms with Crippen LogP contribution in [0.4, 0.5) is 0 Å². The molecule has 0 aromatic heterocycles. The van der Waals surface area contributed by atoms with Crippen LogP contribution in [-0.4, -0.2) is 25.2 Å². The lowest BCUT2D eigenvalue weighted by Crippen LogP contribution is -2.32. The molecule has 0 radical (unpaired) electrons. The average Bonchev–Trinajstić information content (AvgIpc) is 2.29. The smallest absolute Gasteiger partial charge is 0.246 e. The Morgan fingerprint density at radius 2 is 2.17 bits per heavy atom. The normalized spacial score (nSPS) is 36.5. The van der Waals surface area contributed by atoms with Crippen molar-refractivity contribution in [3.63, 3.8) is 0 Å². The Morgan fingerprint density at radius 1 is 1.33 bits per heavy atom. The number of carbonyl (C=O) groups excluding carboxylic acids is 1. The summed E-state index contributed by atoms with van der Waals surface area (Å²) in [7, 11) is 0. The zero-order chi connectivity index (χ0) is 8.39. The average molecular weight is 169 g/mol. The molecule has 3 nitrogen and oxygen atoms in total. The Kier molecular flexibility index (Phi) is 2.30. The van der Waals surface area contributed by atoms with E-state index in [-0.39, 0.29) is 12.5 Å². The van der Waals surface area contributed by atoms with Crippen molar-refractivity contribution in [2.75, 3.05) is 13.2 Å². The maximum Gasteiger partial charge on any atom is 0.246 e. The van der Waals surface area contributed by atoms with Gasteiger partial charge >= 0.3 is 0 Å². The van der Waals surface area contributed by atoms with Crippen molar-refractivity contribution in [3.05, 3.63) is 0 Å². The van der Waals surface area contributed by atoms with Crippen molar-refractivity contribution >= 4 is 5.91 Å². The van der Waals surface area contributed by atoms with E-state index in [9.17, 15) is 4.79 Å². The van der Waals surface area contributed by atoms with Crippen LogP contribution in [0.5, 0.6) is 0 Å². The van der Waals surface area contributed by atoms with Crippen molar-refractivity contribution < 1.29 is 9.53 Å². The maximum absolute atomic E-state index is 11.0. The molecule has 68 valence electrons. The second-order valence-electron chi connectivity index (χ2n) is 3.70. The molecule has 2 fully saturated rings. The summed E-state index contributed by atoms with van der Waals surface area (Å²) in [6.07, 6.45) is 5.25. The monoisotopic (exact) mass is 169 g/mol. The summed E-state index contributed by atoms with van der Waals surface area (Å²) in [5.74, 6) is 0.620. The number of rotatable bonds is 0. The van der Waals surface area contributed by atoms with Crippen LogP contribution >= 0.6 is 0 Å². The third-order valence-corrected chi connectivity index (χ3v) is 2.83. The van der Waals surface area contributed by atoms with E-state index in [1.807, 2.05) is 0 Å². The van der Waals surface area contributed by atoms with Gasteiger partial charge in [0.05, 0.1) is 6.10 Å². The molecule has 1 aliphatic carbocycles. The van der Waals surface area contributed by atoms with Gasteiger partial charge in [-0.2, -0.15) is 0 Å². The van der Waals surface area contributed by atoms with Gasteiger partial charge in [0, 0.05) is 12.5 Å². The highest BCUT2D eigenvalue weighted by Gasteiger charge is 2.28. The number of hydrogen-bond donors (Lipinski definition) is 1. The molecule has 0 unspecified atom stereocenters. The van der Waals surface area contributed by atoms with Gasteiger partial charge in [0.15, 0.2) is 0 Å². The van der Waals surface area contributed by atoms with Crippen LogP contribution in [0.15, 0.2) is 0 Å². The van der Waals surface area contributed by atoms with E-state index in [0.717, 1.165) is 13.0 Å². The molecular weight excluding hydrogens is 154 g/mol. The molecule has 1 saturated heterocycles. The second kappa shape index (κ2) is 3.44. The van der Waals surface area contributed by atoms with Crippen molar-refractivity contribution in [2.45, 2.75) is 31.8 Å². The molecule has 0 aromatic rings. The van der Waals surface area contributed by atoms with Gasteiger partial charge in [-0.3, -0.25) is 4.79 Å². The van der Waals surface area contributed by atoms with Crippen LogP contribution in [-0.2, 0) is 9.53 Å². The number of nitrogens with one attached hydrogen (secondary N) is 1. The fourth-order valence-corrected chi connectivity index (χ4v) is 2.11. The first-order valence-electron chi connectivity index (χ1n) is 4.74. The quantitative estimate of drug-likeness (QED) is 0.579. The number of fused-ring (bicyclic) bond motifs is 1. The standard InChI is InChI=1S/C9H15NO2/c11-9-6-12-8-4-2-1-3-7(8)5-10-9/h7-8H,1-6H2,(H,10,11)/t7-,8+/m1/s1. The molecule has 0 spiro atoms. The van der Waals surface area contributed by atoms with Crippen LogP contribution in [0.3, 0.4) is 0 Å². The van der Waals surface area contributed by atoms with Crippen LogP contribution in [0.2, 0.25) is 0 Å². The van der Waals surface area contributed by atoms with Crippen LogP contribution < -0.4 is 5.32 Å². The van der Waals surface area contributed by atoms with Gasteiger partial charge in [0.1, 0.15) is 6.61 Å². The van der Waals surface area contributed by atoms with Gasteiger partial charge < -0.3 is 10.1 Å². The van der Waals surface area contributed by atoms with E-state index in [0.29, 0.717) is 12.0 Å².